The standard InChI is InChI=1S/C21H25NO/c1-14-4-6-16(7-5-14)21-15(2)19(13-22(21)3)17-8-9-20-18(12-17)10-11-23-20/h4-9,12,15,19,21H,10-11,13H2,1-3H3/t15-,19+,21?/m1/s1. The predicted molar refractivity (Wildman–Crippen MR) is 94.1 cm³/mol. The van der Waals surface area contributed by atoms with E-state index in [2.05, 4.69) is 68.3 Å². The molecule has 1 fully saturated rings. The first-order valence-corrected chi connectivity index (χ1v) is 8.66. The van der Waals surface area contributed by atoms with Gasteiger partial charge in [-0.2, -0.15) is 0 Å². The van der Waals surface area contributed by atoms with E-state index in [1.165, 1.54) is 22.3 Å². The van der Waals surface area contributed by atoms with Gasteiger partial charge in [0.25, 0.3) is 0 Å². The van der Waals surface area contributed by atoms with E-state index in [-0.39, 0.29) is 0 Å². The van der Waals surface area contributed by atoms with Crippen molar-refractivity contribution >= 4 is 0 Å². The van der Waals surface area contributed by atoms with Crippen LogP contribution < -0.4 is 4.74 Å². The molecule has 1 saturated heterocycles. The molecule has 0 spiro atoms. The van der Waals surface area contributed by atoms with E-state index in [9.17, 15) is 0 Å². The largest absolute Gasteiger partial charge is 0.493 e. The second kappa shape index (κ2) is 5.68. The molecule has 0 aromatic heterocycles. The van der Waals surface area contributed by atoms with Crippen LogP contribution in [0.15, 0.2) is 42.5 Å². The molecule has 1 unspecified atom stereocenters. The molecule has 2 aromatic rings. The molecule has 0 saturated carbocycles. The summed E-state index contributed by atoms with van der Waals surface area (Å²) in [6.45, 7) is 6.52. The van der Waals surface area contributed by atoms with Crippen molar-refractivity contribution in [3.8, 4) is 5.75 Å². The number of likely N-dealkylation sites (N-methyl/N-ethyl adjacent to an activating group) is 1. The highest BCUT2D eigenvalue weighted by molar-refractivity contribution is 5.42. The van der Waals surface area contributed by atoms with Crippen molar-refractivity contribution in [1.29, 1.82) is 0 Å². The molecule has 4 rings (SSSR count). The molecule has 0 radical (unpaired) electrons. The molecular formula is C21H25NO. The average Bonchev–Trinajstić information content (AvgIpc) is 3.12. The molecule has 2 nitrogen and oxygen atoms in total. The van der Waals surface area contributed by atoms with Crippen molar-refractivity contribution < 1.29 is 4.74 Å². The van der Waals surface area contributed by atoms with Crippen molar-refractivity contribution in [2.45, 2.75) is 32.2 Å². The Morgan fingerprint density at radius 3 is 2.57 bits per heavy atom. The molecule has 2 aliphatic heterocycles. The van der Waals surface area contributed by atoms with Gasteiger partial charge in [-0.1, -0.05) is 48.9 Å². The number of nitrogens with zero attached hydrogens (tertiary/aromatic N) is 1. The van der Waals surface area contributed by atoms with Gasteiger partial charge in [0.05, 0.1) is 6.61 Å². The van der Waals surface area contributed by atoms with Crippen molar-refractivity contribution in [3.63, 3.8) is 0 Å². The van der Waals surface area contributed by atoms with Gasteiger partial charge in [0, 0.05) is 24.9 Å². The van der Waals surface area contributed by atoms with Gasteiger partial charge in [0.2, 0.25) is 0 Å². The zero-order valence-electron chi connectivity index (χ0n) is 14.3. The highest BCUT2D eigenvalue weighted by Crippen LogP contribution is 2.45. The van der Waals surface area contributed by atoms with Crippen molar-refractivity contribution in [1.82, 2.24) is 4.90 Å². The topological polar surface area (TPSA) is 12.5 Å². The number of hydrogen-bond donors (Lipinski definition) is 0. The third kappa shape index (κ3) is 2.55. The molecule has 23 heavy (non-hydrogen) atoms. The molecule has 0 bridgehead atoms. The van der Waals surface area contributed by atoms with E-state index in [0.29, 0.717) is 17.9 Å². The predicted octanol–water partition coefficient (Wildman–Crippen LogP) is 4.34. The van der Waals surface area contributed by atoms with Gasteiger partial charge in [-0.3, -0.25) is 4.90 Å². The van der Waals surface area contributed by atoms with E-state index in [1.807, 2.05) is 0 Å². The lowest BCUT2D eigenvalue weighted by atomic mass is 9.83. The maximum atomic E-state index is 5.66. The van der Waals surface area contributed by atoms with Gasteiger partial charge in [-0.15, -0.1) is 0 Å². The molecule has 3 atom stereocenters. The van der Waals surface area contributed by atoms with Crippen molar-refractivity contribution in [2.75, 3.05) is 20.2 Å². The summed E-state index contributed by atoms with van der Waals surface area (Å²) in [5.74, 6) is 2.29. The lowest BCUT2D eigenvalue weighted by molar-refractivity contribution is 0.285. The first-order chi connectivity index (χ1) is 11.1. The number of fused-ring (bicyclic) bond motifs is 1. The van der Waals surface area contributed by atoms with Crippen LogP contribution in [0.25, 0.3) is 0 Å². The molecule has 120 valence electrons. The smallest absolute Gasteiger partial charge is 0.122 e. The third-order valence-corrected chi connectivity index (χ3v) is 5.65. The van der Waals surface area contributed by atoms with Crippen LogP contribution in [0.3, 0.4) is 0 Å². The summed E-state index contributed by atoms with van der Waals surface area (Å²) in [6.07, 6.45) is 1.06. The first-order valence-electron chi connectivity index (χ1n) is 8.66. The van der Waals surface area contributed by atoms with Crippen LogP contribution >= 0.6 is 0 Å². The van der Waals surface area contributed by atoms with Crippen molar-refractivity contribution in [2.24, 2.45) is 5.92 Å². The lowest BCUT2D eigenvalue weighted by Crippen LogP contribution is -2.20. The molecule has 0 amide bonds. The summed E-state index contributed by atoms with van der Waals surface area (Å²) < 4.78 is 5.66. The summed E-state index contributed by atoms with van der Waals surface area (Å²) >= 11 is 0. The second-order valence-corrected chi connectivity index (χ2v) is 7.23. The quantitative estimate of drug-likeness (QED) is 0.818. The molecule has 2 aromatic carbocycles. The van der Waals surface area contributed by atoms with Crippen LogP contribution in [0.2, 0.25) is 0 Å². The van der Waals surface area contributed by atoms with Gasteiger partial charge < -0.3 is 4.74 Å². The number of benzene rings is 2. The zero-order chi connectivity index (χ0) is 16.0. The Bertz CT molecular complexity index is 706. The second-order valence-electron chi connectivity index (χ2n) is 7.23. The Kier molecular flexibility index (Phi) is 3.65. The third-order valence-electron chi connectivity index (χ3n) is 5.65. The maximum Gasteiger partial charge on any atom is 0.122 e. The fraction of sp³-hybridized carbons (Fsp3) is 0.429. The molecule has 0 N–H and O–H groups in total. The SMILES string of the molecule is Cc1ccc(C2[C@H](C)[C@@H](c3ccc4c(c3)CCO4)CN2C)cc1. The van der Waals surface area contributed by atoms with E-state index in [4.69, 9.17) is 4.74 Å². The zero-order valence-corrected chi connectivity index (χ0v) is 14.3. The Balaban J connectivity index is 1.63. The molecule has 0 aliphatic carbocycles. The highest BCUT2D eigenvalue weighted by Gasteiger charge is 2.38. The number of rotatable bonds is 2. The van der Waals surface area contributed by atoms with Gasteiger partial charge in [-0.05, 0) is 42.6 Å². The van der Waals surface area contributed by atoms with Gasteiger partial charge in [0.1, 0.15) is 5.75 Å². The fourth-order valence-electron chi connectivity index (χ4n) is 4.38. The minimum Gasteiger partial charge on any atom is -0.493 e. The normalized spacial score (nSPS) is 27.0. The number of aryl methyl sites for hydroxylation is 1. The van der Waals surface area contributed by atoms with E-state index < -0.39 is 0 Å². The number of hydrogen-bond acceptors (Lipinski definition) is 2. The molecule has 2 heteroatoms. The van der Waals surface area contributed by atoms with Gasteiger partial charge in [-0.25, -0.2) is 0 Å². The Labute approximate surface area is 139 Å². The molecule has 2 aliphatic rings. The van der Waals surface area contributed by atoms with Crippen LogP contribution in [-0.2, 0) is 6.42 Å². The lowest BCUT2D eigenvalue weighted by Gasteiger charge is -2.24. The number of likely N-dealkylation sites (tertiary alicyclic amines) is 1. The highest BCUT2D eigenvalue weighted by atomic mass is 16.5. The van der Waals surface area contributed by atoms with Gasteiger partial charge >= 0.3 is 0 Å². The first kappa shape index (κ1) is 14.8. The van der Waals surface area contributed by atoms with Crippen LogP contribution in [-0.4, -0.2) is 25.1 Å². The fourth-order valence-corrected chi connectivity index (χ4v) is 4.38. The summed E-state index contributed by atoms with van der Waals surface area (Å²) in [5, 5.41) is 0. The van der Waals surface area contributed by atoms with Crippen LogP contribution in [0.4, 0.5) is 0 Å². The van der Waals surface area contributed by atoms with Crippen LogP contribution in [0, 0.1) is 12.8 Å². The molecular weight excluding hydrogens is 282 g/mol. The van der Waals surface area contributed by atoms with Crippen molar-refractivity contribution in [3.05, 3.63) is 64.7 Å². The Morgan fingerprint density at radius 1 is 1.04 bits per heavy atom. The van der Waals surface area contributed by atoms with E-state index in [0.717, 1.165) is 25.3 Å². The van der Waals surface area contributed by atoms with Gasteiger partial charge in [0.15, 0.2) is 0 Å². The summed E-state index contributed by atoms with van der Waals surface area (Å²) in [4.78, 5) is 2.52. The Hall–Kier alpha value is -1.80. The summed E-state index contributed by atoms with van der Waals surface area (Å²) in [7, 11) is 2.26. The summed E-state index contributed by atoms with van der Waals surface area (Å²) in [6, 6.07) is 16.4. The monoisotopic (exact) mass is 307 g/mol. The Morgan fingerprint density at radius 2 is 1.78 bits per heavy atom. The minimum atomic E-state index is 0.505. The van der Waals surface area contributed by atoms with E-state index >= 15 is 0 Å². The average molecular weight is 307 g/mol. The number of ether oxygens (including phenoxy) is 1. The van der Waals surface area contributed by atoms with E-state index in [1.54, 1.807) is 0 Å². The molecule has 2 heterocycles. The summed E-state index contributed by atoms with van der Waals surface area (Å²) in [5.41, 5.74) is 5.63. The maximum absolute atomic E-state index is 5.66. The van der Waals surface area contributed by atoms with Crippen LogP contribution in [0.1, 0.15) is 41.1 Å². The minimum absolute atomic E-state index is 0.505. The van der Waals surface area contributed by atoms with Crippen LogP contribution in [0.5, 0.6) is 5.75 Å².